The lowest BCUT2D eigenvalue weighted by molar-refractivity contribution is 0.532. The Morgan fingerprint density at radius 2 is 1.95 bits per heavy atom. The van der Waals surface area contributed by atoms with Crippen molar-refractivity contribution in [3.05, 3.63) is 27.6 Å². The summed E-state index contributed by atoms with van der Waals surface area (Å²) < 4.78 is 1.96. The average molecular weight is 278 g/mol. The van der Waals surface area contributed by atoms with Crippen molar-refractivity contribution in [3.8, 4) is 0 Å². The number of aryl methyl sites for hydroxylation is 2. The molecule has 0 fully saturated rings. The van der Waals surface area contributed by atoms with Gasteiger partial charge in [-0.3, -0.25) is 0 Å². The summed E-state index contributed by atoms with van der Waals surface area (Å²) in [4.78, 5) is 2.64. The van der Waals surface area contributed by atoms with Gasteiger partial charge in [0.05, 0.1) is 17.4 Å². The van der Waals surface area contributed by atoms with Gasteiger partial charge in [-0.05, 0) is 46.8 Å². The summed E-state index contributed by atoms with van der Waals surface area (Å²) in [5.74, 6) is 0.922. The number of hydrogen-bond acceptors (Lipinski definition) is 4. The summed E-state index contributed by atoms with van der Waals surface area (Å²) in [5, 5.41) is 7.99. The van der Waals surface area contributed by atoms with E-state index < -0.39 is 0 Å². The minimum atomic E-state index is 0.231. The molecule has 0 saturated carbocycles. The molecule has 0 radical (unpaired) electrons. The highest BCUT2D eigenvalue weighted by atomic mass is 32.1. The molecule has 1 atom stereocenters. The number of rotatable bonds is 4. The van der Waals surface area contributed by atoms with Crippen molar-refractivity contribution < 1.29 is 0 Å². The van der Waals surface area contributed by atoms with Crippen LogP contribution in [0.25, 0.3) is 0 Å². The monoisotopic (exact) mass is 278 g/mol. The maximum atomic E-state index is 6.13. The number of anilines is 2. The Morgan fingerprint density at radius 1 is 1.26 bits per heavy atom. The second kappa shape index (κ2) is 5.25. The first-order chi connectivity index (χ1) is 8.90. The van der Waals surface area contributed by atoms with Crippen LogP contribution >= 0.6 is 11.3 Å². The van der Waals surface area contributed by atoms with E-state index in [1.807, 2.05) is 22.9 Å². The molecule has 0 spiro atoms. The maximum absolute atomic E-state index is 6.13. The van der Waals surface area contributed by atoms with Crippen LogP contribution in [0.3, 0.4) is 0 Å². The summed E-state index contributed by atoms with van der Waals surface area (Å²) >= 11 is 1.81. The van der Waals surface area contributed by atoms with Crippen LogP contribution in [0.4, 0.5) is 11.5 Å². The second-order valence-electron chi connectivity index (χ2n) is 5.20. The van der Waals surface area contributed by atoms with Crippen molar-refractivity contribution in [1.29, 1.82) is 0 Å². The molecule has 0 aliphatic rings. The van der Waals surface area contributed by atoms with Crippen LogP contribution in [0.15, 0.2) is 12.1 Å². The van der Waals surface area contributed by atoms with Gasteiger partial charge < -0.3 is 11.1 Å². The minimum absolute atomic E-state index is 0.231. The molecule has 5 heteroatoms. The van der Waals surface area contributed by atoms with E-state index in [9.17, 15) is 0 Å². The van der Waals surface area contributed by atoms with E-state index in [4.69, 9.17) is 5.73 Å². The second-order valence-corrected chi connectivity index (χ2v) is 6.52. The smallest absolute Gasteiger partial charge is 0.148 e. The van der Waals surface area contributed by atoms with Crippen LogP contribution in [0.1, 0.15) is 48.3 Å². The molecule has 19 heavy (non-hydrogen) atoms. The lowest BCUT2D eigenvalue weighted by Crippen LogP contribution is -2.13. The first kappa shape index (κ1) is 13.9. The highest BCUT2D eigenvalue weighted by Gasteiger charge is 2.17. The topological polar surface area (TPSA) is 55.9 Å². The van der Waals surface area contributed by atoms with Crippen molar-refractivity contribution in [2.75, 3.05) is 11.1 Å². The van der Waals surface area contributed by atoms with Crippen LogP contribution in [-0.4, -0.2) is 9.78 Å². The summed E-state index contributed by atoms with van der Waals surface area (Å²) in [7, 11) is 0. The number of hydrogen-bond donors (Lipinski definition) is 2. The minimum Gasteiger partial charge on any atom is -0.394 e. The van der Waals surface area contributed by atoms with Crippen LogP contribution in [0.2, 0.25) is 0 Å². The van der Waals surface area contributed by atoms with Crippen molar-refractivity contribution in [2.45, 2.75) is 46.7 Å². The van der Waals surface area contributed by atoms with E-state index in [0.717, 1.165) is 17.2 Å². The molecule has 0 aliphatic carbocycles. The van der Waals surface area contributed by atoms with E-state index in [0.29, 0.717) is 0 Å². The fraction of sp³-hybridized carbons (Fsp3) is 0.500. The van der Waals surface area contributed by atoms with Gasteiger partial charge in [0.15, 0.2) is 0 Å². The van der Waals surface area contributed by atoms with Gasteiger partial charge in [0, 0.05) is 15.8 Å². The third-order valence-corrected chi connectivity index (χ3v) is 4.35. The van der Waals surface area contributed by atoms with E-state index in [-0.39, 0.29) is 12.1 Å². The zero-order valence-electron chi connectivity index (χ0n) is 12.2. The van der Waals surface area contributed by atoms with Crippen molar-refractivity contribution in [1.82, 2.24) is 9.78 Å². The van der Waals surface area contributed by atoms with Gasteiger partial charge in [-0.1, -0.05) is 0 Å². The van der Waals surface area contributed by atoms with E-state index in [1.54, 1.807) is 0 Å². The van der Waals surface area contributed by atoms with Crippen molar-refractivity contribution in [2.24, 2.45) is 0 Å². The number of aromatic nitrogens is 2. The zero-order valence-corrected chi connectivity index (χ0v) is 13.0. The average Bonchev–Trinajstić information content (AvgIpc) is 2.88. The highest BCUT2D eigenvalue weighted by molar-refractivity contribution is 7.12. The van der Waals surface area contributed by atoms with E-state index in [1.165, 1.54) is 9.75 Å². The Bertz CT molecular complexity index is 568. The van der Waals surface area contributed by atoms with Gasteiger partial charge in [-0.25, -0.2) is 4.68 Å². The fourth-order valence-corrected chi connectivity index (χ4v) is 2.92. The molecule has 0 aromatic carbocycles. The molecular weight excluding hydrogens is 256 g/mol. The van der Waals surface area contributed by atoms with Gasteiger partial charge in [-0.2, -0.15) is 5.10 Å². The van der Waals surface area contributed by atoms with Crippen LogP contribution in [0.5, 0.6) is 0 Å². The number of thiophene rings is 1. The highest BCUT2D eigenvalue weighted by Crippen LogP contribution is 2.31. The Morgan fingerprint density at radius 3 is 2.47 bits per heavy atom. The molecule has 4 nitrogen and oxygen atoms in total. The standard InChI is InChI=1S/C14H22N4S/c1-8(2)18-14(13(15)11(5)17-18)16-10(4)12-7-6-9(3)19-12/h6-8,10,16H,15H2,1-5H3. The molecule has 0 saturated heterocycles. The number of nitrogen functional groups attached to an aromatic ring is 1. The Hall–Kier alpha value is -1.49. The van der Waals surface area contributed by atoms with Gasteiger partial charge in [0.25, 0.3) is 0 Å². The van der Waals surface area contributed by atoms with Gasteiger partial charge >= 0.3 is 0 Å². The lowest BCUT2D eigenvalue weighted by atomic mass is 10.2. The Labute approximate surface area is 118 Å². The van der Waals surface area contributed by atoms with E-state index in [2.05, 4.69) is 50.2 Å². The van der Waals surface area contributed by atoms with Gasteiger partial charge in [-0.15, -0.1) is 11.3 Å². The largest absolute Gasteiger partial charge is 0.394 e. The summed E-state index contributed by atoms with van der Waals surface area (Å²) in [6, 6.07) is 4.83. The van der Waals surface area contributed by atoms with Crippen molar-refractivity contribution in [3.63, 3.8) is 0 Å². The zero-order chi connectivity index (χ0) is 14.2. The SMILES string of the molecule is Cc1ccc(C(C)Nc2c(N)c(C)nn2C(C)C)s1. The molecule has 0 bridgehead atoms. The van der Waals surface area contributed by atoms with Gasteiger partial charge in [0.2, 0.25) is 0 Å². The molecule has 1 unspecified atom stereocenters. The first-order valence-electron chi connectivity index (χ1n) is 6.57. The van der Waals surface area contributed by atoms with Crippen LogP contribution in [0, 0.1) is 13.8 Å². The molecule has 3 N–H and O–H groups in total. The molecule has 2 aromatic rings. The predicted molar refractivity (Wildman–Crippen MR) is 82.9 cm³/mol. The number of nitrogens with two attached hydrogens (primary N) is 1. The van der Waals surface area contributed by atoms with Crippen LogP contribution in [-0.2, 0) is 0 Å². The quantitative estimate of drug-likeness (QED) is 0.892. The summed E-state index contributed by atoms with van der Waals surface area (Å²) in [5.41, 5.74) is 7.75. The third-order valence-electron chi connectivity index (χ3n) is 3.16. The molecule has 0 aliphatic heterocycles. The van der Waals surface area contributed by atoms with E-state index >= 15 is 0 Å². The molecule has 2 heterocycles. The molecule has 0 amide bonds. The number of nitrogens with one attached hydrogen (secondary N) is 1. The maximum Gasteiger partial charge on any atom is 0.148 e. The summed E-state index contributed by atoms with van der Waals surface area (Å²) in [6.07, 6.45) is 0. The third kappa shape index (κ3) is 2.76. The van der Waals surface area contributed by atoms with Gasteiger partial charge in [0.1, 0.15) is 5.82 Å². The molecular formula is C14H22N4S. The van der Waals surface area contributed by atoms with Crippen LogP contribution < -0.4 is 11.1 Å². The normalized spacial score (nSPS) is 12.9. The first-order valence-corrected chi connectivity index (χ1v) is 7.39. The Balaban J connectivity index is 2.28. The molecule has 2 aromatic heterocycles. The fourth-order valence-electron chi connectivity index (χ4n) is 2.04. The Kier molecular flexibility index (Phi) is 3.85. The lowest BCUT2D eigenvalue weighted by Gasteiger charge is -2.17. The summed E-state index contributed by atoms with van der Waals surface area (Å²) in [6.45, 7) is 10.4. The predicted octanol–water partition coefficient (Wildman–Crippen LogP) is 3.90. The molecule has 2 rings (SSSR count). The number of nitrogens with zero attached hydrogens (tertiary/aromatic N) is 2. The van der Waals surface area contributed by atoms with Crippen molar-refractivity contribution >= 4 is 22.8 Å². The molecule has 104 valence electrons.